The summed E-state index contributed by atoms with van der Waals surface area (Å²) in [5.41, 5.74) is 4.83. The molecule has 1 aromatic heterocycles. The summed E-state index contributed by atoms with van der Waals surface area (Å²) >= 11 is 0. The van der Waals surface area contributed by atoms with Crippen LogP contribution in [0.4, 0.5) is 4.79 Å². The van der Waals surface area contributed by atoms with E-state index >= 15 is 0 Å². The summed E-state index contributed by atoms with van der Waals surface area (Å²) in [5, 5.41) is 2.41. The molecule has 0 radical (unpaired) electrons. The van der Waals surface area contributed by atoms with E-state index in [1.54, 1.807) is 23.3 Å². The van der Waals surface area contributed by atoms with Gasteiger partial charge in [0.2, 0.25) is 0 Å². The number of nitrogens with zero attached hydrogens (tertiary/aromatic N) is 2. The number of nitrogens with two attached hydrogens (primary N) is 1. The Morgan fingerprint density at radius 1 is 1.80 bits per heavy atom. The second-order valence-corrected chi connectivity index (χ2v) is 1.78. The van der Waals surface area contributed by atoms with Gasteiger partial charge in [0, 0.05) is 12.4 Å². The Balaban J connectivity index is 2.35. The molecule has 0 aromatic carbocycles. The van der Waals surface area contributed by atoms with Gasteiger partial charge < -0.3 is 15.6 Å². The highest BCUT2D eigenvalue weighted by Crippen LogP contribution is 1.80. The predicted molar refractivity (Wildman–Crippen MR) is 34.9 cm³/mol. The minimum absolute atomic E-state index is 0.370. The lowest BCUT2D eigenvalue weighted by Crippen LogP contribution is -2.30. The molecule has 0 atom stereocenters. The maximum absolute atomic E-state index is 10.2. The summed E-state index contributed by atoms with van der Waals surface area (Å²) in [7, 11) is 0. The fraction of sp³-hybridized carbons (Fsp3) is 0.200. The molecule has 0 aliphatic carbocycles. The summed E-state index contributed by atoms with van der Waals surface area (Å²) in [4.78, 5) is 13.9. The number of nitrogens with one attached hydrogen (secondary N) is 1. The van der Waals surface area contributed by atoms with Crippen LogP contribution < -0.4 is 11.1 Å². The first kappa shape index (κ1) is 6.60. The van der Waals surface area contributed by atoms with Gasteiger partial charge in [0.25, 0.3) is 0 Å². The molecule has 54 valence electrons. The fourth-order valence-electron chi connectivity index (χ4n) is 0.549. The van der Waals surface area contributed by atoms with Crippen LogP contribution in [0.25, 0.3) is 0 Å². The van der Waals surface area contributed by atoms with Crippen LogP contribution in [0.3, 0.4) is 0 Å². The lowest BCUT2D eigenvalue weighted by atomic mass is 10.8. The molecule has 0 aliphatic rings. The van der Waals surface area contributed by atoms with Gasteiger partial charge >= 0.3 is 6.03 Å². The predicted octanol–water partition coefficient (Wildman–Crippen LogP) is -0.491. The quantitative estimate of drug-likeness (QED) is 0.581. The molecule has 0 bridgehead atoms. The monoisotopic (exact) mass is 140 g/mol. The van der Waals surface area contributed by atoms with Crippen molar-refractivity contribution in [3.63, 3.8) is 0 Å². The van der Waals surface area contributed by atoms with Crippen LogP contribution in [0, 0.1) is 0 Å². The SMILES string of the molecule is NC(=O)NCn1ccnc1. The zero-order valence-electron chi connectivity index (χ0n) is 5.32. The normalized spacial score (nSPS) is 9.20. The van der Waals surface area contributed by atoms with Gasteiger partial charge in [0.1, 0.15) is 0 Å². The number of imidazole rings is 1. The van der Waals surface area contributed by atoms with E-state index in [9.17, 15) is 4.79 Å². The van der Waals surface area contributed by atoms with Gasteiger partial charge in [-0.1, -0.05) is 0 Å². The Morgan fingerprint density at radius 3 is 3.10 bits per heavy atom. The van der Waals surface area contributed by atoms with E-state index < -0.39 is 6.03 Å². The van der Waals surface area contributed by atoms with Crippen molar-refractivity contribution in [2.45, 2.75) is 6.67 Å². The van der Waals surface area contributed by atoms with Crippen LogP contribution >= 0.6 is 0 Å². The van der Waals surface area contributed by atoms with E-state index in [2.05, 4.69) is 10.3 Å². The molecule has 0 unspecified atom stereocenters. The topological polar surface area (TPSA) is 72.9 Å². The molecule has 1 heterocycles. The highest BCUT2D eigenvalue weighted by molar-refractivity contribution is 5.71. The minimum Gasteiger partial charge on any atom is -0.352 e. The van der Waals surface area contributed by atoms with E-state index in [4.69, 9.17) is 5.73 Å². The van der Waals surface area contributed by atoms with Crippen molar-refractivity contribution in [1.29, 1.82) is 0 Å². The molecule has 5 heteroatoms. The van der Waals surface area contributed by atoms with Crippen LogP contribution in [-0.2, 0) is 6.67 Å². The van der Waals surface area contributed by atoms with Gasteiger partial charge in [-0.15, -0.1) is 0 Å². The Hall–Kier alpha value is -1.52. The standard InChI is InChI=1S/C5H8N4O/c6-5(10)8-4-9-2-1-7-3-9/h1-3H,4H2,(H3,6,8,10). The van der Waals surface area contributed by atoms with Crippen molar-refractivity contribution in [3.8, 4) is 0 Å². The summed E-state index contributed by atoms with van der Waals surface area (Å²) in [5.74, 6) is 0. The maximum Gasteiger partial charge on any atom is 0.313 e. The first-order valence-corrected chi connectivity index (χ1v) is 2.78. The number of aromatic nitrogens is 2. The third-order valence-electron chi connectivity index (χ3n) is 0.995. The molecular weight excluding hydrogens is 132 g/mol. The summed E-state index contributed by atoms with van der Waals surface area (Å²) < 4.78 is 1.70. The average Bonchev–Trinajstić information content (AvgIpc) is 2.34. The van der Waals surface area contributed by atoms with Gasteiger partial charge in [0.05, 0.1) is 13.0 Å². The number of rotatable bonds is 2. The zero-order chi connectivity index (χ0) is 7.40. The smallest absolute Gasteiger partial charge is 0.313 e. The number of carbonyl (C=O) groups is 1. The van der Waals surface area contributed by atoms with Crippen LogP contribution in [0.15, 0.2) is 18.7 Å². The number of primary amides is 1. The Morgan fingerprint density at radius 2 is 2.60 bits per heavy atom. The summed E-state index contributed by atoms with van der Waals surface area (Å²) in [6.07, 6.45) is 4.95. The highest BCUT2D eigenvalue weighted by atomic mass is 16.2. The molecule has 3 N–H and O–H groups in total. The maximum atomic E-state index is 10.2. The lowest BCUT2D eigenvalue weighted by Gasteiger charge is -2.00. The third-order valence-corrected chi connectivity index (χ3v) is 0.995. The van der Waals surface area contributed by atoms with Crippen LogP contribution in [-0.4, -0.2) is 15.6 Å². The van der Waals surface area contributed by atoms with E-state index in [0.717, 1.165) is 0 Å². The highest BCUT2D eigenvalue weighted by Gasteiger charge is 1.89. The Bertz CT molecular complexity index is 205. The van der Waals surface area contributed by atoms with E-state index in [-0.39, 0.29) is 0 Å². The Labute approximate surface area is 57.9 Å². The van der Waals surface area contributed by atoms with Crippen molar-refractivity contribution in [2.75, 3.05) is 0 Å². The van der Waals surface area contributed by atoms with Gasteiger partial charge in [0.15, 0.2) is 0 Å². The molecule has 0 spiro atoms. The molecule has 10 heavy (non-hydrogen) atoms. The van der Waals surface area contributed by atoms with Gasteiger partial charge in [-0.2, -0.15) is 0 Å². The molecule has 2 amide bonds. The zero-order valence-corrected chi connectivity index (χ0v) is 5.32. The number of hydrogen-bond acceptors (Lipinski definition) is 2. The van der Waals surface area contributed by atoms with E-state index in [1.807, 2.05) is 0 Å². The second kappa shape index (κ2) is 2.86. The van der Waals surface area contributed by atoms with E-state index in [1.165, 1.54) is 0 Å². The van der Waals surface area contributed by atoms with Crippen LogP contribution in [0.2, 0.25) is 0 Å². The summed E-state index contributed by atoms with van der Waals surface area (Å²) in [6.45, 7) is 0.370. The molecule has 0 saturated heterocycles. The molecule has 0 aliphatic heterocycles. The van der Waals surface area contributed by atoms with Gasteiger partial charge in [-0.05, 0) is 0 Å². The second-order valence-electron chi connectivity index (χ2n) is 1.78. The largest absolute Gasteiger partial charge is 0.352 e. The van der Waals surface area contributed by atoms with Crippen molar-refractivity contribution in [1.82, 2.24) is 14.9 Å². The van der Waals surface area contributed by atoms with Crippen molar-refractivity contribution >= 4 is 6.03 Å². The molecule has 5 nitrogen and oxygen atoms in total. The van der Waals surface area contributed by atoms with Gasteiger partial charge in [-0.25, -0.2) is 9.78 Å². The molecule has 0 saturated carbocycles. The minimum atomic E-state index is -0.534. The van der Waals surface area contributed by atoms with Gasteiger partial charge in [-0.3, -0.25) is 0 Å². The summed E-state index contributed by atoms with van der Waals surface area (Å²) in [6, 6.07) is -0.534. The molecular formula is C5H8N4O. The molecule has 1 rings (SSSR count). The van der Waals surface area contributed by atoms with Crippen molar-refractivity contribution in [2.24, 2.45) is 5.73 Å². The fourth-order valence-corrected chi connectivity index (χ4v) is 0.549. The van der Waals surface area contributed by atoms with Crippen molar-refractivity contribution < 1.29 is 4.79 Å². The van der Waals surface area contributed by atoms with Crippen LogP contribution in [0.1, 0.15) is 0 Å². The molecule has 0 fully saturated rings. The Kier molecular flexibility index (Phi) is 1.89. The number of hydrogen-bond donors (Lipinski definition) is 2. The first-order chi connectivity index (χ1) is 4.79. The lowest BCUT2D eigenvalue weighted by molar-refractivity contribution is 0.246. The number of amides is 2. The average molecular weight is 140 g/mol. The third kappa shape index (κ3) is 1.77. The molecule has 1 aromatic rings. The number of carbonyl (C=O) groups excluding carboxylic acids is 1. The van der Waals surface area contributed by atoms with Crippen LogP contribution in [0.5, 0.6) is 0 Å². The van der Waals surface area contributed by atoms with Crippen molar-refractivity contribution in [3.05, 3.63) is 18.7 Å². The number of urea groups is 1. The first-order valence-electron chi connectivity index (χ1n) is 2.78. The van der Waals surface area contributed by atoms with E-state index in [0.29, 0.717) is 6.67 Å².